The first-order chi connectivity index (χ1) is 4.61. The Kier molecular flexibility index (Phi) is 21.6. The molecule has 1 aliphatic heterocycles. The largest absolute Gasteiger partial charge is 0.269 e. The van der Waals surface area contributed by atoms with Crippen molar-refractivity contribution in [1.82, 2.24) is 5.12 Å². The van der Waals surface area contributed by atoms with Crippen LogP contribution in [0.5, 0.6) is 0 Å². The van der Waals surface area contributed by atoms with Crippen molar-refractivity contribution >= 4 is 8.41 Å². The predicted molar refractivity (Wildman–Crippen MR) is 59.9 cm³/mol. The third-order valence-electron chi connectivity index (χ3n) is 1.64. The summed E-state index contributed by atoms with van der Waals surface area (Å²) >= 11 is 0. The van der Waals surface area contributed by atoms with Gasteiger partial charge in [-0.2, -0.15) is 0 Å². The molecule has 7 heteroatoms. The van der Waals surface area contributed by atoms with Crippen LogP contribution in [0.15, 0.2) is 23.4 Å². The lowest BCUT2D eigenvalue weighted by atomic mass is 10.1. The Hall–Kier alpha value is -1.01. The maximum atomic E-state index is 12.9. The second-order valence-electron chi connectivity index (χ2n) is 2.75. The Labute approximate surface area is 88.0 Å². The third-order valence-corrected chi connectivity index (χ3v) is 1.64. The molecule has 1 heterocycles. The van der Waals surface area contributed by atoms with Crippen LogP contribution in [0.25, 0.3) is 0 Å². The van der Waals surface area contributed by atoms with E-state index in [1.807, 2.05) is 26.0 Å². The van der Waals surface area contributed by atoms with Crippen molar-refractivity contribution in [3.63, 3.8) is 0 Å². The van der Waals surface area contributed by atoms with Crippen molar-refractivity contribution < 1.29 is 23.3 Å². The van der Waals surface area contributed by atoms with Crippen molar-refractivity contribution in [3.8, 4) is 0 Å². The molecule has 0 bridgehead atoms. The zero-order valence-corrected chi connectivity index (χ0v) is 8.19. The molecular weight excluding hydrogens is 216 g/mol. The molecule has 0 aromatic heterocycles. The van der Waals surface area contributed by atoms with Gasteiger partial charge >= 0.3 is 0 Å². The number of halogens is 5. The predicted octanol–water partition coefficient (Wildman–Crippen LogP) is 1.85. The zero-order valence-electron chi connectivity index (χ0n) is 8.19. The molecule has 0 aromatic carbocycles. The molecule has 0 aliphatic carbocycles. The summed E-state index contributed by atoms with van der Waals surface area (Å²) in [5, 5.41) is 0.771. The maximum Gasteiger partial charge on any atom is 0.0814 e. The van der Waals surface area contributed by atoms with E-state index in [1.165, 1.54) is 0 Å². The molecule has 0 spiro atoms. The van der Waals surface area contributed by atoms with Crippen molar-refractivity contribution in [2.75, 3.05) is 0 Å². The maximum absolute atomic E-state index is 12.9. The highest BCUT2D eigenvalue weighted by Gasteiger charge is 2.14. The number of hydrogen-bond donors (Lipinski definition) is 0. The summed E-state index contributed by atoms with van der Waals surface area (Å²) in [6, 6.07) is -0.106. The molecule has 1 atom stereocenters. The lowest BCUT2D eigenvalue weighted by Crippen LogP contribution is -2.24. The molecule has 0 aromatic rings. The van der Waals surface area contributed by atoms with Crippen LogP contribution < -0.4 is 0 Å². The highest BCUT2D eigenvalue weighted by atomic mass is 19.2. The van der Waals surface area contributed by atoms with Crippen LogP contribution in [0.2, 0.25) is 0 Å². The van der Waals surface area contributed by atoms with Crippen LogP contribution in [-0.4, -0.2) is 19.6 Å². The van der Waals surface area contributed by atoms with Crippen molar-refractivity contribution in [1.29, 1.82) is 0 Å². The molecular formula is C8H19BF5N. The molecule has 1 unspecified atom stereocenters. The van der Waals surface area contributed by atoms with Gasteiger partial charge in [0, 0.05) is 5.70 Å². The van der Waals surface area contributed by atoms with E-state index >= 15 is 0 Å². The average Bonchev–Trinajstić information content (AvgIpc) is 1.82. The monoisotopic (exact) mass is 235 g/mol. The van der Waals surface area contributed by atoms with Crippen LogP contribution in [0.1, 0.15) is 20.8 Å². The van der Waals surface area contributed by atoms with Crippen LogP contribution in [0.4, 0.5) is 23.3 Å². The summed E-state index contributed by atoms with van der Waals surface area (Å²) in [6.07, 6.45) is 3.73. The summed E-state index contributed by atoms with van der Waals surface area (Å²) in [4.78, 5) is 0. The van der Waals surface area contributed by atoms with Gasteiger partial charge in [0.25, 0.3) is 0 Å². The number of nitrogens with zero attached hydrogens (tertiary/aromatic N) is 1. The topological polar surface area (TPSA) is 3.24 Å². The molecule has 0 N–H and O–H groups in total. The van der Waals surface area contributed by atoms with Gasteiger partial charge in [-0.1, -0.05) is 16.1 Å². The Morgan fingerprint density at radius 1 is 1.13 bits per heavy atom. The molecule has 0 fully saturated rings. The minimum absolute atomic E-state index is 0. The fourth-order valence-electron chi connectivity index (χ4n) is 1.21. The van der Waals surface area contributed by atoms with E-state index in [0.29, 0.717) is 5.70 Å². The van der Waals surface area contributed by atoms with Crippen molar-refractivity contribution in [2.45, 2.75) is 26.8 Å². The minimum Gasteiger partial charge on any atom is -0.269 e. The molecule has 1 nitrogen and oxygen atoms in total. The smallest absolute Gasteiger partial charge is 0.0814 e. The first-order valence-electron chi connectivity index (χ1n) is 3.43. The van der Waals surface area contributed by atoms with Gasteiger partial charge in [0.15, 0.2) is 0 Å². The van der Waals surface area contributed by atoms with Gasteiger partial charge in [-0.15, -0.1) is 0 Å². The molecule has 94 valence electrons. The van der Waals surface area contributed by atoms with Gasteiger partial charge in [-0.3, -0.25) is 18.8 Å². The van der Waals surface area contributed by atoms with Crippen LogP contribution in [-0.2, 0) is 0 Å². The first kappa shape index (κ1) is 29.2. The Morgan fingerprint density at radius 2 is 1.53 bits per heavy atom. The van der Waals surface area contributed by atoms with Gasteiger partial charge in [0.05, 0.1) is 14.5 Å². The Morgan fingerprint density at radius 3 is 1.87 bits per heavy atom. The molecule has 0 amide bonds. The second-order valence-corrected chi connectivity index (χ2v) is 2.75. The summed E-state index contributed by atoms with van der Waals surface area (Å²) in [5.74, 6) is 0. The van der Waals surface area contributed by atoms with Gasteiger partial charge in [0.1, 0.15) is 0 Å². The SMILES string of the molecule is B.CC1=CC(C)N(F)C(C)=C1.F.F.F.F. The quantitative estimate of drug-likeness (QED) is 0.352. The highest BCUT2D eigenvalue weighted by molar-refractivity contribution is 5.75. The second kappa shape index (κ2) is 11.1. The van der Waals surface area contributed by atoms with Crippen LogP contribution >= 0.6 is 0 Å². The van der Waals surface area contributed by atoms with E-state index in [2.05, 4.69) is 0 Å². The van der Waals surface area contributed by atoms with Gasteiger partial charge in [-0.25, -0.2) is 5.12 Å². The van der Waals surface area contributed by atoms with E-state index in [4.69, 9.17) is 0 Å². The fraction of sp³-hybridized carbons (Fsp3) is 0.500. The third kappa shape index (κ3) is 6.99. The average molecular weight is 235 g/mol. The lowest BCUT2D eigenvalue weighted by Gasteiger charge is -2.23. The summed E-state index contributed by atoms with van der Waals surface area (Å²) < 4.78 is 12.9. The Bertz CT molecular complexity index is 207. The minimum atomic E-state index is -0.106. The van der Waals surface area contributed by atoms with Gasteiger partial charge in [0.2, 0.25) is 0 Å². The molecule has 1 aliphatic rings. The summed E-state index contributed by atoms with van der Waals surface area (Å²) in [6.45, 7) is 5.58. The molecule has 0 radical (unpaired) electrons. The number of rotatable bonds is 0. The number of allylic oxidation sites excluding steroid dienone is 3. The van der Waals surface area contributed by atoms with Gasteiger partial charge < -0.3 is 0 Å². The highest BCUT2D eigenvalue weighted by Crippen LogP contribution is 2.19. The Balaban J connectivity index is -0.0000000667. The van der Waals surface area contributed by atoms with Gasteiger partial charge in [-0.05, 0) is 26.8 Å². The van der Waals surface area contributed by atoms with Crippen LogP contribution in [0.3, 0.4) is 0 Å². The lowest BCUT2D eigenvalue weighted by molar-refractivity contribution is 0.0444. The van der Waals surface area contributed by atoms with Crippen LogP contribution in [0, 0.1) is 0 Å². The van der Waals surface area contributed by atoms with E-state index < -0.39 is 0 Å². The van der Waals surface area contributed by atoms with E-state index in [1.54, 1.807) is 6.92 Å². The zero-order chi connectivity index (χ0) is 7.72. The standard InChI is InChI=1S/C8H12FN.BH3.4FH/c1-6-4-7(2)10(9)8(3)5-6;;;;;/h4-5,7H,1-3H3;1H3;4*1H. The van der Waals surface area contributed by atoms with E-state index in [-0.39, 0.29) is 33.3 Å². The first-order valence-corrected chi connectivity index (χ1v) is 3.43. The molecule has 15 heavy (non-hydrogen) atoms. The molecule has 0 saturated carbocycles. The summed E-state index contributed by atoms with van der Waals surface area (Å²) in [7, 11) is 0. The molecule has 0 saturated heterocycles. The van der Waals surface area contributed by atoms with Crippen molar-refractivity contribution in [2.24, 2.45) is 0 Å². The summed E-state index contributed by atoms with van der Waals surface area (Å²) in [5.41, 5.74) is 1.83. The van der Waals surface area contributed by atoms with E-state index in [0.717, 1.165) is 10.7 Å². The fourth-order valence-corrected chi connectivity index (χ4v) is 1.21. The van der Waals surface area contributed by atoms with E-state index in [9.17, 15) is 4.48 Å². The number of hydrogen-bond acceptors (Lipinski definition) is 1. The molecule has 1 rings (SSSR count). The normalized spacial score (nSPS) is 17.3. The van der Waals surface area contributed by atoms with Crippen molar-refractivity contribution in [3.05, 3.63) is 23.4 Å².